The van der Waals surface area contributed by atoms with Crippen molar-refractivity contribution in [3.8, 4) is 11.7 Å². The summed E-state index contributed by atoms with van der Waals surface area (Å²) in [6.45, 7) is 2.76. The largest absolute Gasteiger partial charge is 0.473 e. The predicted octanol–water partition coefficient (Wildman–Crippen LogP) is 1.90. The molecule has 144 valence electrons. The third-order valence-corrected chi connectivity index (χ3v) is 5.62. The minimum atomic E-state index is -0.792. The van der Waals surface area contributed by atoms with E-state index in [0.717, 1.165) is 25.1 Å². The molecule has 0 spiro atoms. The number of aliphatic hydroxyl groups is 1. The summed E-state index contributed by atoms with van der Waals surface area (Å²) in [6, 6.07) is 9.62. The van der Waals surface area contributed by atoms with E-state index in [9.17, 15) is 5.11 Å². The number of hydrogen-bond acceptors (Lipinski definition) is 7. The zero-order chi connectivity index (χ0) is 19.1. The van der Waals surface area contributed by atoms with Crippen molar-refractivity contribution in [3.63, 3.8) is 0 Å². The molecule has 4 unspecified atom stereocenters. The Balaban J connectivity index is 1.41. The molecule has 2 bridgehead atoms. The summed E-state index contributed by atoms with van der Waals surface area (Å²) in [5, 5.41) is 19.6. The Kier molecular flexibility index (Phi) is 4.29. The number of hydrogen-bond donors (Lipinski definition) is 1. The number of likely N-dealkylation sites (tertiary alicyclic amines) is 1. The van der Waals surface area contributed by atoms with E-state index in [1.807, 2.05) is 37.3 Å². The van der Waals surface area contributed by atoms with Gasteiger partial charge in [0.2, 0.25) is 5.88 Å². The van der Waals surface area contributed by atoms with Crippen molar-refractivity contribution in [3.05, 3.63) is 60.2 Å². The van der Waals surface area contributed by atoms with Crippen molar-refractivity contribution in [1.82, 2.24) is 29.9 Å². The molecule has 8 nitrogen and oxygen atoms in total. The second-order valence-corrected chi connectivity index (χ2v) is 7.48. The number of ether oxygens (including phenoxy) is 1. The maximum absolute atomic E-state index is 11.2. The normalized spacial score (nSPS) is 25.1. The van der Waals surface area contributed by atoms with Crippen molar-refractivity contribution in [2.75, 3.05) is 6.54 Å². The molecule has 2 fully saturated rings. The summed E-state index contributed by atoms with van der Waals surface area (Å²) >= 11 is 0. The number of piperidine rings is 1. The molecule has 0 radical (unpaired) electrons. The minimum absolute atomic E-state index is 0.0213. The molecule has 28 heavy (non-hydrogen) atoms. The van der Waals surface area contributed by atoms with Gasteiger partial charge in [0.25, 0.3) is 0 Å². The van der Waals surface area contributed by atoms with Crippen LogP contribution < -0.4 is 4.74 Å². The molecule has 3 aromatic rings. The van der Waals surface area contributed by atoms with Crippen LogP contribution in [0.15, 0.2) is 48.9 Å². The van der Waals surface area contributed by atoms with Gasteiger partial charge in [-0.1, -0.05) is 6.07 Å². The van der Waals surface area contributed by atoms with Crippen LogP contribution in [0.25, 0.3) is 5.82 Å². The molecule has 8 heteroatoms. The molecule has 4 atom stereocenters. The number of aliphatic hydroxyl groups excluding tert-OH is 1. The van der Waals surface area contributed by atoms with E-state index in [1.54, 1.807) is 18.6 Å². The second-order valence-electron chi connectivity index (χ2n) is 7.48. The summed E-state index contributed by atoms with van der Waals surface area (Å²) in [5.74, 6) is 1.70. The Bertz CT molecular complexity index is 949. The number of rotatable bonds is 5. The standard InChI is InChI=1S/C20H22N6O2/c1-13-5-6-15(19(24-13)26-22-8-9-23-26)20(27)25-12-14-10-16(25)17(11-14)28-18-4-2-3-7-21-18/h2-9,14,16-17,20,27H,10-12H2,1H3. The molecule has 4 heterocycles. The summed E-state index contributed by atoms with van der Waals surface area (Å²) in [5.41, 5.74) is 1.55. The van der Waals surface area contributed by atoms with E-state index in [-0.39, 0.29) is 12.1 Å². The first-order chi connectivity index (χ1) is 13.7. The van der Waals surface area contributed by atoms with Crippen LogP contribution in [-0.4, -0.2) is 53.7 Å². The van der Waals surface area contributed by atoms with Gasteiger partial charge in [-0.15, -0.1) is 4.80 Å². The van der Waals surface area contributed by atoms with Gasteiger partial charge in [-0.25, -0.2) is 9.97 Å². The average Bonchev–Trinajstić information content (AvgIpc) is 3.45. The zero-order valence-electron chi connectivity index (χ0n) is 15.6. The second kappa shape index (κ2) is 6.96. The molecule has 5 rings (SSSR count). The fourth-order valence-electron chi connectivity index (χ4n) is 4.41. The predicted molar refractivity (Wildman–Crippen MR) is 101 cm³/mol. The Morgan fingerprint density at radius 1 is 1.11 bits per heavy atom. The third-order valence-electron chi connectivity index (χ3n) is 5.62. The number of aryl methyl sites for hydroxylation is 1. The zero-order valence-corrected chi connectivity index (χ0v) is 15.6. The number of fused-ring (bicyclic) bond motifs is 2. The molecule has 0 amide bonds. The Morgan fingerprint density at radius 3 is 2.71 bits per heavy atom. The van der Waals surface area contributed by atoms with Gasteiger partial charge in [-0.2, -0.15) is 10.2 Å². The molecular formula is C20H22N6O2. The lowest BCUT2D eigenvalue weighted by molar-refractivity contribution is -0.0514. The molecule has 1 N–H and O–H groups in total. The summed E-state index contributed by atoms with van der Waals surface area (Å²) in [6.07, 6.45) is 6.18. The highest BCUT2D eigenvalue weighted by Gasteiger charge is 2.49. The van der Waals surface area contributed by atoms with Crippen molar-refractivity contribution in [2.45, 2.75) is 38.1 Å². The van der Waals surface area contributed by atoms with Gasteiger partial charge in [-0.3, -0.25) is 4.90 Å². The lowest BCUT2D eigenvalue weighted by atomic mass is 10.1. The minimum Gasteiger partial charge on any atom is -0.473 e. The van der Waals surface area contributed by atoms with Crippen LogP contribution in [0.3, 0.4) is 0 Å². The third kappa shape index (κ3) is 3.04. The van der Waals surface area contributed by atoms with Gasteiger partial charge >= 0.3 is 0 Å². The molecule has 3 aromatic heterocycles. The number of aromatic nitrogens is 5. The van der Waals surface area contributed by atoms with Gasteiger partial charge in [0.05, 0.1) is 12.4 Å². The monoisotopic (exact) mass is 378 g/mol. The quantitative estimate of drug-likeness (QED) is 0.725. The van der Waals surface area contributed by atoms with Crippen molar-refractivity contribution in [2.24, 2.45) is 5.92 Å². The molecule has 1 saturated heterocycles. The molecule has 1 aliphatic heterocycles. The van der Waals surface area contributed by atoms with Crippen LogP contribution in [0.5, 0.6) is 5.88 Å². The van der Waals surface area contributed by atoms with E-state index in [0.29, 0.717) is 23.2 Å². The fourth-order valence-corrected chi connectivity index (χ4v) is 4.41. The van der Waals surface area contributed by atoms with Crippen LogP contribution >= 0.6 is 0 Å². The van der Waals surface area contributed by atoms with Crippen molar-refractivity contribution < 1.29 is 9.84 Å². The molecule has 1 aliphatic carbocycles. The fraction of sp³-hybridized carbons (Fsp3) is 0.400. The van der Waals surface area contributed by atoms with Crippen LogP contribution in [-0.2, 0) is 0 Å². The van der Waals surface area contributed by atoms with E-state index in [4.69, 9.17) is 4.74 Å². The van der Waals surface area contributed by atoms with Gasteiger partial charge < -0.3 is 9.84 Å². The van der Waals surface area contributed by atoms with E-state index >= 15 is 0 Å². The van der Waals surface area contributed by atoms with E-state index in [2.05, 4.69) is 25.1 Å². The highest BCUT2D eigenvalue weighted by atomic mass is 16.5. The van der Waals surface area contributed by atoms with Gasteiger partial charge in [-0.05, 0) is 43.9 Å². The average molecular weight is 378 g/mol. The van der Waals surface area contributed by atoms with Crippen LogP contribution in [0.4, 0.5) is 0 Å². The van der Waals surface area contributed by atoms with Gasteiger partial charge in [0.1, 0.15) is 12.3 Å². The summed E-state index contributed by atoms with van der Waals surface area (Å²) < 4.78 is 6.14. The van der Waals surface area contributed by atoms with Crippen molar-refractivity contribution in [1.29, 1.82) is 0 Å². The highest BCUT2D eigenvalue weighted by molar-refractivity contribution is 5.35. The molecular weight excluding hydrogens is 356 g/mol. The first-order valence-electron chi connectivity index (χ1n) is 9.55. The van der Waals surface area contributed by atoms with Gasteiger partial charge in [0, 0.05) is 36.1 Å². The smallest absolute Gasteiger partial charge is 0.213 e. The first-order valence-corrected chi connectivity index (χ1v) is 9.55. The Morgan fingerprint density at radius 2 is 1.96 bits per heavy atom. The topological polar surface area (TPSA) is 89.2 Å². The van der Waals surface area contributed by atoms with Crippen LogP contribution in [0, 0.1) is 12.8 Å². The van der Waals surface area contributed by atoms with E-state index in [1.165, 1.54) is 4.80 Å². The maximum atomic E-state index is 11.2. The Hall–Kier alpha value is -2.84. The maximum Gasteiger partial charge on any atom is 0.213 e. The highest BCUT2D eigenvalue weighted by Crippen LogP contribution is 2.43. The number of pyridine rings is 2. The SMILES string of the molecule is Cc1ccc(C(O)N2CC3CC(Oc4ccccn4)C2C3)c(-n2nccn2)n1. The van der Waals surface area contributed by atoms with Gasteiger partial charge in [0.15, 0.2) is 5.82 Å². The summed E-state index contributed by atoms with van der Waals surface area (Å²) in [4.78, 5) is 12.4. The first kappa shape index (κ1) is 17.3. The van der Waals surface area contributed by atoms with E-state index < -0.39 is 6.23 Å². The Labute approximate surface area is 162 Å². The molecule has 2 aliphatic rings. The summed E-state index contributed by atoms with van der Waals surface area (Å²) in [7, 11) is 0. The molecule has 1 saturated carbocycles. The lowest BCUT2D eigenvalue weighted by Crippen LogP contribution is -2.46. The van der Waals surface area contributed by atoms with Crippen molar-refractivity contribution >= 4 is 0 Å². The van der Waals surface area contributed by atoms with Crippen LogP contribution in [0.2, 0.25) is 0 Å². The molecule has 0 aromatic carbocycles. The van der Waals surface area contributed by atoms with Crippen LogP contribution in [0.1, 0.15) is 30.3 Å². The number of nitrogens with zero attached hydrogens (tertiary/aromatic N) is 6. The lowest BCUT2D eigenvalue weighted by Gasteiger charge is -2.36.